The predicted molar refractivity (Wildman–Crippen MR) is 113 cm³/mol. The lowest BCUT2D eigenvalue weighted by Gasteiger charge is -2.45. The average Bonchev–Trinajstić information content (AvgIpc) is 3.25. The number of rotatable bonds is 6. The van der Waals surface area contributed by atoms with Gasteiger partial charge in [0.1, 0.15) is 18.0 Å². The van der Waals surface area contributed by atoms with Crippen LogP contribution < -0.4 is 4.74 Å². The number of benzene rings is 2. The van der Waals surface area contributed by atoms with Gasteiger partial charge in [-0.2, -0.15) is 0 Å². The lowest BCUT2D eigenvalue weighted by molar-refractivity contribution is -0.385. The van der Waals surface area contributed by atoms with Crippen molar-refractivity contribution in [3.8, 4) is 5.75 Å². The van der Waals surface area contributed by atoms with E-state index in [-0.39, 0.29) is 17.1 Å². The van der Waals surface area contributed by atoms with Gasteiger partial charge in [-0.25, -0.2) is 0 Å². The Morgan fingerprint density at radius 3 is 2.53 bits per heavy atom. The van der Waals surface area contributed by atoms with Crippen molar-refractivity contribution in [1.82, 2.24) is 4.98 Å². The summed E-state index contributed by atoms with van der Waals surface area (Å²) in [6.07, 6.45) is -4.76. The van der Waals surface area contributed by atoms with E-state index in [1.807, 2.05) is 19.1 Å². The van der Waals surface area contributed by atoms with Crippen molar-refractivity contribution in [2.75, 3.05) is 6.61 Å². The fourth-order valence-electron chi connectivity index (χ4n) is 3.84. The van der Waals surface area contributed by atoms with Crippen LogP contribution in [0.1, 0.15) is 28.4 Å². The van der Waals surface area contributed by atoms with E-state index in [1.165, 1.54) is 12.3 Å². The standard InChI is InChI=1S/C23H25NO8/c1-2-12-6-8-13(9-7-12)19(26)14-10-24-15-4-3-5-16(18(14)15)32-23(30)21(28)20(27)17(11-25)31-22(23)29/h3-10,17,20-22,24-25,27-30H,2,11H2,1H3/t17-,20-,21+,22-,23+/m1/s1. The van der Waals surface area contributed by atoms with Gasteiger partial charge in [-0.1, -0.05) is 37.3 Å². The van der Waals surface area contributed by atoms with Gasteiger partial charge in [0.05, 0.1) is 17.6 Å². The first-order valence-corrected chi connectivity index (χ1v) is 10.3. The van der Waals surface area contributed by atoms with Crippen LogP contribution in [0.5, 0.6) is 5.75 Å². The van der Waals surface area contributed by atoms with Crippen LogP contribution in [-0.2, 0) is 11.2 Å². The number of aliphatic hydroxyl groups is 5. The lowest BCUT2D eigenvalue weighted by atomic mass is 9.95. The van der Waals surface area contributed by atoms with Gasteiger partial charge in [-0.3, -0.25) is 4.79 Å². The van der Waals surface area contributed by atoms with Gasteiger partial charge < -0.3 is 40.0 Å². The minimum Gasteiger partial charge on any atom is -0.454 e. The van der Waals surface area contributed by atoms with Crippen molar-refractivity contribution < 1.29 is 39.8 Å². The summed E-state index contributed by atoms with van der Waals surface area (Å²) in [4.78, 5) is 16.2. The zero-order valence-electron chi connectivity index (χ0n) is 17.3. The Morgan fingerprint density at radius 1 is 1.16 bits per heavy atom. The molecule has 2 aromatic carbocycles. The van der Waals surface area contributed by atoms with E-state index >= 15 is 0 Å². The fourth-order valence-corrected chi connectivity index (χ4v) is 3.84. The second-order valence-corrected chi connectivity index (χ2v) is 7.76. The summed E-state index contributed by atoms with van der Waals surface area (Å²) in [5.74, 6) is -3.06. The number of hydrogen-bond donors (Lipinski definition) is 6. The Kier molecular flexibility index (Phi) is 6.04. The molecular weight excluding hydrogens is 418 g/mol. The number of ketones is 1. The van der Waals surface area contributed by atoms with Gasteiger partial charge in [0.25, 0.3) is 5.79 Å². The molecule has 0 radical (unpaired) electrons. The molecule has 5 atom stereocenters. The number of ether oxygens (including phenoxy) is 2. The van der Waals surface area contributed by atoms with E-state index in [9.17, 15) is 30.3 Å². The van der Waals surface area contributed by atoms with Gasteiger partial charge in [0.2, 0.25) is 6.29 Å². The molecule has 170 valence electrons. The highest BCUT2D eigenvalue weighted by Crippen LogP contribution is 2.36. The largest absolute Gasteiger partial charge is 0.454 e. The third kappa shape index (κ3) is 3.69. The summed E-state index contributed by atoms with van der Waals surface area (Å²) in [6, 6.07) is 11.9. The third-order valence-corrected chi connectivity index (χ3v) is 5.78. The fraction of sp³-hybridized carbons (Fsp3) is 0.348. The van der Waals surface area contributed by atoms with Gasteiger partial charge in [0.15, 0.2) is 11.9 Å². The highest BCUT2D eigenvalue weighted by atomic mass is 16.7. The summed E-state index contributed by atoms with van der Waals surface area (Å²) in [7, 11) is 0. The highest BCUT2D eigenvalue weighted by molar-refractivity contribution is 6.17. The summed E-state index contributed by atoms with van der Waals surface area (Å²) < 4.78 is 10.6. The lowest BCUT2D eigenvalue weighted by Crippen LogP contribution is -2.69. The second-order valence-electron chi connectivity index (χ2n) is 7.76. The number of aromatic amines is 1. The number of nitrogens with one attached hydrogen (secondary N) is 1. The molecule has 0 amide bonds. The van der Waals surface area contributed by atoms with Crippen LogP contribution in [0.15, 0.2) is 48.7 Å². The first-order valence-electron chi connectivity index (χ1n) is 10.3. The van der Waals surface area contributed by atoms with E-state index in [0.29, 0.717) is 16.5 Å². The molecule has 0 unspecified atom stereocenters. The number of aliphatic hydroxyl groups excluding tert-OH is 4. The van der Waals surface area contributed by atoms with E-state index in [2.05, 4.69) is 4.98 Å². The number of carbonyl (C=O) groups is 1. The number of aryl methyl sites for hydroxylation is 1. The molecule has 9 nitrogen and oxygen atoms in total. The Labute approximate surface area is 183 Å². The Bertz CT molecular complexity index is 1110. The van der Waals surface area contributed by atoms with Crippen LogP contribution in [0.4, 0.5) is 0 Å². The van der Waals surface area contributed by atoms with Crippen LogP contribution >= 0.6 is 0 Å². The third-order valence-electron chi connectivity index (χ3n) is 5.78. The van der Waals surface area contributed by atoms with Crippen molar-refractivity contribution in [2.45, 2.75) is 43.7 Å². The Morgan fingerprint density at radius 2 is 1.88 bits per heavy atom. The molecule has 1 fully saturated rings. The second kappa shape index (κ2) is 8.62. The molecule has 9 heteroatoms. The molecule has 1 aromatic heterocycles. The zero-order valence-corrected chi connectivity index (χ0v) is 17.3. The molecule has 0 saturated carbocycles. The molecule has 1 aliphatic heterocycles. The molecular formula is C23H25NO8. The van der Waals surface area contributed by atoms with E-state index in [4.69, 9.17) is 9.47 Å². The summed E-state index contributed by atoms with van der Waals surface area (Å²) in [5.41, 5.74) is 2.33. The van der Waals surface area contributed by atoms with Crippen LogP contribution in [-0.4, -0.2) is 73.3 Å². The van der Waals surface area contributed by atoms with Gasteiger partial charge in [-0.15, -0.1) is 0 Å². The molecule has 1 aliphatic rings. The molecule has 32 heavy (non-hydrogen) atoms. The molecule has 4 rings (SSSR count). The molecule has 0 bridgehead atoms. The van der Waals surface area contributed by atoms with Crippen LogP contribution in [0, 0.1) is 0 Å². The van der Waals surface area contributed by atoms with Crippen LogP contribution in [0.2, 0.25) is 0 Å². The first kappa shape index (κ1) is 22.4. The monoisotopic (exact) mass is 443 g/mol. The Balaban J connectivity index is 1.73. The van der Waals surface area contributed by atoms with Crippen molar-refractivity contribution in [2.24, 2.45) is 0 Å². The van der Waals surface area contributed by atoms with E-state index in [1.54, 1.807) is 24.3 Å². The van der Waals surface area contributed by atoms with Crippen molar-refractivity contribution >= 4 is 16.7 Å². The maximum atomic E-state index is 13.2. The van der Waals surface area contributed by atoms with Gasteiger partial charge in [0, 0.05) is 17.3 Å². The molecule has 1 saturated heterocycles. The normalized spacial score (nSPS) is 28.1. The first-order chi connectivity index (χ1) is 15.3. The average molecular weight is 443 g/mol. The minimum atomic E-state index is -2.75. The van der Waals surface area contributed by atoms with Crippen molar-refractivity contribution in [1.29, 1.82) is 0 Å². The molecule has 3 aromatic rings. The smallest absolute Gasteiger partial charge is 0.288 e. The van der Waals surface area contributed by atoms with Crippen LogP contribution in [0.3, 0.4) is 0 Å². The number of H-pyrrole nitrogens is 1. The molecule has 6 N–H and O–H groups in total. The number of carbonyl (C=O) groups excluding carboxylic acids is 1. The topological polar surface area (TPSA) is 152 Å². The predicted octanol–water partition coefficient (Wildman–Crippen LogP) is 0.460. The molecule has 0 aliphatic carbocycles. The minimum absolute atomic E-state index is 0.0175. The SMILES string of the molecule is CCc1ccc(C(=O)c2c[nH]c3cccc(O[C@]4(O)[C@H](O)O[C@H](CO)[C@@H](O)[C@@H]4O)c23)cc1. The van der Waals surface area contributed by atoms with Crippen molar-refractivity contribution in [3.05, 3.63) is 65.4 Å². The molecule has 0 spiro atoms. The quantitative estimate of drug-likeness (QED) is 0.237. The summed E-state index contributed by atoms with van der Waals surface area (Å²) in [6.45, 7) is 1.33. The zero-order chi connectivity index (χ0) is 23.0. The van der Waals surface area contributed by atoms with Gasteiger partial charge in [-0.05, 0) is 24.1 Å². The summed E-state index contributed by atoms with van der Waals surface area (Å²) >= 11 is 0. The number of hydrogen-bond acceptors (Lipinski definition) is 8. The van der Waals surface area contributed by atoms with Crippen LogP contribution in [0.25, 0.3) is 10.9 Å². The maximum Gasteiger partial charge on any atom is 0.288 e. The van der Waals surface area contributed by atoms with E-state index in [0.717, 1.165) is 12.0 Å². The van der Waals surface area contributed by atoms with Crippen molar-refractivity contribution in [3.63, 3.8) is 0 Å². The van der Waals surface area contributed by atoms with Gasteiger partial charge >= 0.3 is 0 Å². The van der Waals surface area contributed by atoms with E-state index < -0.39 is 37.0 Å². The number of aromatic nitrogens is 1. The highest BCUT2D eigenvalue weighted by Gasteiger charge is 2.57. The summed E-state index contributed by atoms with van der Waals surface area (Å²) in [5, 5.41) is 51.2. The number of fused-ring (bicyclic) bond motifs is 1. The maximum absolute atomic E-state index is 13.2. The molecule has 2 heterocycles. The Hall–Kier alpha value is -2.79.